The van der Waals surface area contributed by atoms with Crippen molar-refractivity contribution in [2.24, 2.45) is 52.3 Å². The molecule has 476 valence electrons. The Morgan fingerprint density at radius 3 is 1.75 bits per heavy atom. The number of ether oxygens (including phenoxy) is 12. The Kier molecular flexibility index (Phi) is 18.6. The van der Waals surface area contributed by atoms with Gasteiger partial charge in [0.2, 0.25) is 0 Å². The zero-order valence-electron chi connectivity index (χ0n) is 47.5. The smallest absolute Gasteiger partial charge is 0.187 e. The molecule has 4 saturated carbocycles. The summed E-state index contributed by atoms with van der Waals surface area (Å²) in [5, 5.41) is 153. The summed E-state index contributed by atoms with van der Waals surface area (Å²) in [7, 11) is 0. The fourth-order valence-electron chi connectivity index (χ4n) is 17.0. The van der Waals surface area contributed by atoms with Crippen molar-refractivity contribution >= 4 is 5.78 Å². The first kappa shape index (κ1) is 63.2. The molecule has 0 amide bonds. The number of carbonyl (C=O) groups is 1. The van der Waals surface area contributed by atoms with E-state index in [1.807, 2.05) is 0 Å². The molecule has 14 N–H and O–H groups in total. The second kappa shape index (κ2) is 24.4. The van der Waals surface area contributed by atoms with Crippen LogP contribution < -0.4 is 0 Å². The Bertz CT molecular complexity index is 2210. The van der Waals surface area contributed by atoms with E-state index in [1.165, 1.54) is 6.92 Å². The van der Waals surface area contributed by atoms with E-state index in [2.05, 4.69) is 27.7 Å². The highest BCUT2D eigenvalue weighted by Gasteiger charge is 2.72. The maximum atomic E-state index is 14.7. The lowest BCUT2D eigenvalue weighted by Gasteiger charge is -2.60. The third-order valence-corrected chi connectivity index (χ3v) is 21.9. The van der Waals surface area contributed by atoms with Crippen LogP contribution in [0, 0.1) is 52.3 Å². The van der Waals surface area contributed by atoms with Gasteiger partial charge in [-0.3, -0.25) is 4.79 Å². The normalized spacial score (nSPS) is 57.4. The molecular weight excluding hydrogens is 1100 g/mol. The monoisotopic (exact) mass is 1190 g/mol. The molecule has 7 saturated heterocycles. The summed E-state index contributed by atoms with van der Waals surface area (Å²) in [5.41, 5.74) is -0.636. The number of hydrogen-bond donors (Lipinski definition) is 14. The molecule has 83 heavy (non-hydrogen) atoms. The highest BCUT2D eigenvalue weighted by atomic mass is 16.8. The summed E-state index contributed by atoms with van der Waals surface area (Å²) in [5.74, 6) is 1.36. The van der Waals surface area contributed by atoms with Crippen LogP contribution in [0.1, 0.15) is 92.4 Å². The Hall–Kier alpha value is -1.37. The zero-order valence-corrected chi connectivity index (χ0v) is 47.5. The van der Waals surface area contributed by atoms with Crippen molar-refractivity contribution in [2.75, 3.05) is 33.0 Å². The van der Waals surface area contributed by atoms with E-state index in [-0.39, 0.29) is 41.1 Å². The average Bonchev–Trinajstić information content (AvgIpc) is 3.01. The summed E-state index contributed by atoms with van der Waals surface area (Å²) in [6, 6.07) is 0. The molecule has 0 radical (unpaired) electrons. The lowest BCUT2D eigenvalue weighted by molar-refractivity contribution is -0.405. The Morgan fingerprint density at radius 2 is 1.11 bits per heavy atom. The second-order valence-corrected chi connectivity index (χ2v) is 26.5. The maximum Gasteiger partial charge on any atom is 0.187 e. The lowest BCUT2D eigenvalue weighted by atomic mass is 9.44. The number of hydrogen-bond acceptors (Lipinski definition) is 27. The van der Waals surface area contributed by atoms with Crippen LogP contribution in [0.5, 0.6) is 0 Å². The van der Waals surface area contributed by atoms with Crippen molar-refractivity contribution in [3.63, 3.8) is 0 Å². The summed E-state index contributed by atoms with van der Waals surface area (Å²) in [6.07, 6.45) is -35.7. The molecule has 36 atom stereocenters. The predicted octanol–water partition coefficient (Wildman–Crippen LogP) is -4.24. The molecule has 11 rings (SSSR count). The average molecular weight is 1200 g/mol. The van der Waals surface area contributed by atoms with Crippen LogP contribution in [0.4, 0.5) is 0 Å². The number of rotatable bonds is 13. The van der Waals surface area contributed by atoms with E-state index in [0.29, 0.717) is 43.5 Å². The molecule has 0 aromatic carbocycles. The number of carbonyl (C=O) groups excluding carboxylic acids is 1. The fraction of sp³-hybridized carbons (Fsp3) is 0.982. The quantitative estimate of drug-likeness (QED) is 0.0777. The van der Waals surface area contributed by atoms with Gasteiger partial charge in [-0.15, -0.1) is 0 Å². The van der Waals surface area contributed by atoms with Crippen molar-refractivity contribution in [1.82, 2.24) is 0 Å². The number of fused-ring (bicyclic) bond motifs is 7. The molecule has 7 heterocycles. The number of Topliss-reactive ketones (excluding diaryl/α,β-unsaturated/α-hetero) is 1. The lowest BCUT2D eigenvalue weighted by Crippen LogP contribution is -2.68. The van der Waals surface area contributed by atoms with Gasteiger partial charge >= 0.3 is 0 Å². The Labute approximate surface area is 480 Å². The van der Waals surface area contributed by atoms with E-state index in [1.54, 1.807) is 0 Å². The summed E-state index contributed by atoms with van der Waals surface area (Å²) < 4.78 is 72.9. The van der Waals surface area contributed by atoms with Crippen molar-refractivity contribution in [3.05, 3.63) is 0 Å². The van der Waals surface area contributed by atoms with E-state index in [9.17, 15) is 76.3 Å². The minimum Gasteiger partial charge on any atom is -0.394 e. The molecule has 0 bridgehead atoms. The van der Waals surface area contributed by atoms with Gasteiger partial charge in [-0.05, 0) is 86.9 Å². The van der Waals surface area contributed by atoms with Crippen LogP contribution in [0.3, 0.4) is 0 Å². The minimum absolute atomic E-state index is 0.0172. The first-order valence-corrected chi connectivity index (χ1v) is 30.1. The third kappa shape index (κ3) is 10.9. The standard InChI is InChI=1S/C56H90O27/c1-20-8-11-56(73-18-20)21(2)34-29(83-56)13-27-25-7-6-23-12-24(9-10-54(23,4)26(25)14-33(61)55(27,34)5)75-51-43(70)39(66)45(31(16-58)77-51)79-52-44(71)40(67)46(32(17-59)78-52)80-53-48(82-49-41(68)36(63)28(60)19-72-49)47(37(64)30(15-57)76-53)81-50-42(69)38(65)35(62)22(3)74-50/h20-32,34-53,57-60,62-71H,6-19H2,1-5H3/t20-,21+,22-,23+,24+,25?,26?,27?,28-,29?,30-,31-,32-,34?,35-,36+,37-,38+,39-,40-,41-,42+,43-,44-,45+,46-,47+,48-,49-,50-,51-,52-,53+,54+,55-,56?/m1/s1. The molecule has 11 fully saturated rings. The molecule has 0 aromatic rings. The van der Waals surface area contributed by atoms with E-state index in [4.69, 9.17) is 56.8 Å². The van der Waals surface area contributed by atoms with Gasteiger partial charge in [-0.1, -0.05) is 27.7 Å². The van der Waals surface area contributed by atoms with Gasteiger partial charge < -0.3 is 128 Å². The molecule has 7 aliphatic heterocycles. The van der Waals surface area contributed by atoms with Crippen LogP contribution in [-0.4, -0.2) is 276 Å². The molecule has 1 spiro atoms. The molecular formula is C56H90O27. The third-order valence-electron chi connectivity index (χ3n) is 21.9. The molecule has 0 aromatic heterocycles. The fourth-order valence-corrected chi connectivity index (χ4v) is 17.0. The van der Waals surface area contributed by atoms with Gasteiger partial charge in [0.25, 0.3) is 0 Å². The first-order valence-electron chi connectivity index (χ1n) is 30.1. The summed E-state index contributed by atoms with van der Waals surface area (Å²) >= 11 is 0. The van der Waals surface area contributed by atoms with Crippen molar-refractivity contribution < 1.29 is 133 Å². The van der Waals surface area contributed by atoms with E-state index < -0.39 is 191 Å². The van der Waals surface area contributed by atoms with Crippen LogP contribution >= 0.6 is 0 Å². The maximum absolute atomic E-state index is 14.7. The molecule has 27 nitrogen and oxygen atoms in total. The van der Waals surface area contributed by atoms with E-state index >= 15 is 0 Å². The predicted molar refractivity (Wildman–Crippen MR) is 274 cm³/mol. The zero-order chi connectivity index (χ0) is 59.5. The second-order valence-electron chi connectivity index (χ2n) is 26.5. The molecule has 6 unspecified atom stereocenters. The minimum atomic E-state index is -2.10. The van der Waals surface area contributed by atoms with Crippen molar-refractivity contribution in [1.29, 1.82) is 0 Å². The SMILES string of the molecule is C[C@@H]1CCC2(OC1)OC1CC3C4CC[C@H]5C[C@@H](O[C@@H]6O[C@H](CO)[C@H](O[C@H]7O[C@H](CO)[C@@H](O[C@@H]8O[C@H](CO)[C@@H](O)[C@H](O[C@H]9O[C@H](C)[C@@H](O)[C@H](O)[C@@H]9O)[C@H]8O[C@H]8OC[C@@H](O)[C@H](O)[C@H]8O)[C@H](O)[C@H]7O)[C@H](O)[C@H]6O)CC[C@]5(C)C4CC(=O)[C@]3(C)C1[C@@H]2C. The number of aliphatic hydroxyl groups is 14. The van der Waals surface area contributed by atoms with Gasteiger partial charge in [0.15, 0.2) is 37.2 Å². The van der Waals surface area contributed by atoms with Gasteiger partial charge in [0.05, 0.1) is 51.3 Å². The summed E-state index contributed by atoms with van der Waals surface area (Å²) in [4.78, 5) is 14.7. The van der Waals surface area contributed by atoms with E-state index in [0.717, 1.165) is 38.5 Å². The van der Waals surface area contributed by atoms with Crippen LogP contribution in [0.2, 0.25) is 0 Å². The molecule has 27 heteroatoms. The highest BCUT2D eigenvalue weighted by Crippen LogP contribution is 2.70. The van der Waals surface area contributed by atoms with Gasteiger partial charge in [-0.2, -0.15) is 0 Å². The number of ketones is 1. The van der Waals surface area contributed by atoms with Crippen LogP contribution in [0.25, 0.3) is 0 Å². The molecule has 11 aliphatic rings. The summed E-state index contributed by atoms with van der Waals surface area (Å²) in [6.45, 7) is 7.71. The molecule has 4 aliphatic carbocycles. The van der Waals surface area contributed by atoms with Gasteiger partial charge in [0.1, 0.15) is 116 Å². The Balaban J connectivity index is 0.732. The first-order chi connectivity index (χ1) is 39.4. The topological polar surface area (TPSA) is 411 Å². The van der Waals surface area contributed by atoms with Crippen LogP contribution in [-0.2, 0) is 61.6 Å². The highest BCUT2D eigenvalue weighted by molar-refractivity contribution is 5.87. The van der Waals surface area contributed by atoms with Crippen molar-refractivity contribution in [3.8, 4) is 0 Å². The number of aliphatic hydroxyl groups excluding tert-OH is 14. The van der Waals surface area contributed by atoms with Crippen molar-refractivity contribution in [2.45, 2.75) is 258 Å². The Morgan fingerprint density at radius 1 is 0.530 bits per heavy atom. The largest absolute Gasteiger partial charge is 0.394 e. The van der Waals surface area contributed by atoms with Crippen LogP contribution in [0.15, 0.2) is 0 Å². The van der Waals surface area contributed by atoms with Gasteiger partial charge in [0, 0.05) is 30.1 Å². The van der Waals surface area contributed by atoms with Gasteiger partial charge in [-0.25, -0.2) is 0 Å².